The maximum Gasteiger partial charge on any atom is 0.326 e. The highest BCUT2D eigenvalue weighted by atomic mass is 31.2. The highest BCUT2D eigenvalue weighted by Crippen LogP contribution is 2.42. The maximum absolute atomic E-state index is 14.2. The normalized spacial score (nSPS) is 14.9. The second-order valence-corrected chi connectivity index (χ2v) is 11.9. The number of nitriles is 1. The smallest absolute Gasteiger partial charge is 0.326 e. The Bertz CT molecular complexity index is 1340. The number of carbonyl (C=O) groups is 1. The molecule has 1 aromatic carbocycles. The number of nitrogen functional groups attached to an aromatic ring is 1. The summed E-state index contributed by atoms with van der Waals surface area (Å²) in [6.45, 7) is 9.48. The average molecular weight is 543 g/mol. The molecule has 3 atom stereocenters. The Morgan fingerprint density at radius 1 is 1.24 bits per heavy atom. The number of benzene rings is 1. The topological polar surface area (TPSA) is 170 Å². The number of esters is 1. The molecule has 12 nitrogen and oxygen atoms in total. The van der Waals surface area contributed by atoms with Crippen LogP contribution in [0.3, 0.4) is 0 Å². The minimum absolute atomic E-state index is 0.205. The largest absolute Gasteiger partial charge is 0.464 e. The first-order chi connectivity index (χ1) is 18.0. The van der Waals surface area contributed by atoms with Crippen molar-refractivity contribution in [2.75, 3.05) is 18.7 Å². The molecule has 0 aliphatic heterocycles. The van der Waals surface area contributed by atoms with Crippen LogP contribution < -0.4 is 15.9 Å². The zero-order valence-electron chi connectivity index (χ0n) is 22.3. The molecule has 204 valence electrons. The molecule has 38 heavy (non-hydrogen) atoms. The molecular formula is C25H35N8O4P. The zero-order valence-corrected chi connectivity index (χ0v) is 23.2. The summed E-state index contributed by atoms with van der Waals surface area (Å²) in [5.74, 6) is -0.225. The first kappa shape index (κ1) is 29.2. The molecule has 3 aromatic rings. The van der Waals surface area contributed by atoms with E-state index in [-0.39, 0.29) is 30.9 Å². The van der Waals surface area contributed by atoms with Crippen LogP contribution in [-0.2, 0) is 25.4 Å². The molecule has 0 amide bonds. The fraction of sp³-hybridized carbons (Fsp3) is 0.480. The van der Waals surface area contributed by atoms with Gasteiger partial charge in [0.2, 0.25) is 7.44 Å². The van der Waals surface area contributed by atoms with Gasteiger partial charge in [-0.25, -0.2) is 25.1 Å². The van der Waals surface area contributed by atoms with E-state index >= 15 is 0 Å². The summed E-state index contributed by atoms with van der Waals surface area (Å²) >= 11 is 0. The van der Waals surface area contributed by atoms with Gasteiger partial charge in [-0.15, -0.1) is 0 Å². The summed E-state index contributed by atoms with van der Waals surface area (Å²) < 4.78 is 27.3. The number of hydrogen-bond donors (Lipinski definition) is 3. The van der Waals surface area contributed by atoms with Crippen molar-refractivity contribution in [3.63, 3.8) is 0 Å². The summed E-state index contributed by atoms with van der Waals surface area (Å²) in [5.41, 5.74) is 7.05. The van der Waals surface area contributed by atoms with Crippen LogP contribution in [0.5, 0.6) is 0 Å². The van der Waals surface area contributed by atoms with Crippen molar-refractivity contribution in [1.29, 1.82) is 5.26 Å². The van der Waals surface area contributed by atoms with Gasteiger partial charge in [-0.2, -0.15) is 5.26 Å². The van der Waals surface area contributed by atoms with E-state index in [1.165, 1.54) is 6.33 Å². The van der Waals surface area contributed by atoms with Crippen molar-refractivity contribution in [2.24, 2.45) is 0 Å². The predicted octanol–water partition coefficient (Wildman–Crippen LogP) is 3.51. The second-order valence-electron chi connectivity index (χ2n) is 9.63. The molecule has 0 saturated heterocycles. The summed E-state index contributed by atoms with van der Waals surface area (Å²) in [7, 11) is -3.53. The number of nitrogens with one attached hydrogen (secondary N) is 2. The third kappa shape index (κ3) is 7.36. The van der Waals surface area contributed by atoms with Gasteiger partial charge in [0, 0.05) is 6.04 Å². The van der Waals surface area contributed by atoms with Crippen LogP contribution in [-0.4, -0.2) is 50.1 Å². The number of ether oxygens (including phenoxy) is 2. The fourth-order valence-corrected chi connectivity index (χ4v) is 6.24. The summed E-state index contributed by atoms with van der Waals surface area (Å²) in [6.07, 6.45) is 3.05. The van der Waals surface area contributed by atoms with Crippen molar-refractivity contribution < 1.29 is 18.8 Å². The van der Waals surface area contributed by atoms with Gasteiger partial charge in [0.1, 0.15) is 23.7 Å². The lowest BCUT2D eigenvalue weighted by molar-refractivity contribution is -0.149. The number of nitrogens with two attached hydrogens (primary N) is 1. The molecule has 0 bridgehead atoms. The molecule has 0 aliphatic carbocycles. The van der Waals surface area contributed by atoms with Crippen LogP contribution in [0.25, 0.3) is 11.2 Å². The highest BCUT2D eigenvalue weighted by molar-refractivity contribution is 7.59. The molecule has 0 saturated carbocycles. The van der Waals surface area contributed by atoms with Crippen LogP contribution >= 0.6 is 7.44 Å². The first-order valence-corrected chi connectivity index (χ1v) is 14.2. The van der Waals surface area contributed by atoms with Crippen molar-refractivity contribution in [3.05, 3.63) is 48.0 Å². The molecule has 0 fully saturated rings. The minimum atomic E-state index is -3.53. The standard InChI is InChI=1S/C25H35N8O4P/c1-6-11-36-24(34)25(4,5)32-38(35,31-18(3)20-9-7-19(12-26)8-10-20)16-37-17(2)13-33-15-30-21-22(27)28-14-29-23(21)33/h7-10,14-15,17-18H,6,11,13,16H2,1-5H3,(H2,27,28,29)(H2,31,32,35). The zero-order chi connectivity index (χ0) is 27.9. The molecule has 4 N–H and O–H groups in total. The maximum atomic E-state index is 14.2. The Morgan fingerprint density at radius 3 is 2.61 bits per heavy atom. The lowest BCUT2D eigenvalue weighted by Gasteiger charge is -2.33. The number of hydrogen-bond acceptors (Lipinski definition) is 9. The first-order valence-electron chi connectivity index (χ1n) is 12.3. The van der Waals surface area contributed by atoms with E-state index in [9.17, 15) is 9.36 Å². The third-order valence-electron chi connectivity index (χ3n) is 5.77. The second kappa shape index (κ2) is 12.5. The van der Waals surface area contributed by atoms with Crippen molar-refractivity contribution in [1.82, 2.24) is 29.7 Å². The summed E-state index contributed by atoms with van der Waals surface area (Å²) in [4.78, 5) is 25.2. The van der Waals surface area contributed by atoms with Gasteiger partial charge < -0.3 is 19.8 Å². The van der Waals surface area contributed by atoms with E-state index in [1.54, 1.807) is 49.0 Å². The van der Waals surface area contributed by atoms with Crippen LogP contribution in [0.1, 0.15) is 58.2 Å². The number of nitrogens with zero attached hydrogens (tertiary/aromatic N) is 5. The molecule has 0 spiro atoms. The Hall–Kier alpha value is -3.36. The van der Waals surface area contributed by atoms with Gasteiger partial charge in [-0.3, -0.25) is 9.36 Å². The number of rotatable bonds is 13. The quantitative estimate of drug-likeness (QED) is 0.213. The number of anilines is 1. The predicted molar refractivity (Wildman–Crippen MR) is 144 cm³/mol. The molecule has 13 heteroatoms. The van der Waals surface area contributed by atoms with Gasteiger partial charge in [0.15, 0.2) is 11.5 Å². The molecule has 2 aromatic heterocycles. The molecular weight excluding hydrogens is 507 g/mol. The summed E-state index contributed by atoms with van der Waals surface area (Å²) in [5, 5.41) is 15.2. The van der Waals surface area contributed by atoms with Gasteiger partial charge in [-0.1, -0.05) is 19.1 Å². The van der Waals surface area contributed by atoms with Gasteiger partial charge in [0.25, 0.3) is 0 Å². The highest BCUT2D eigenvalue weighted by Gasteiger charge is 2.38. The molecule has 3 rings (SSSR count). The Labute approximate surface area is 222 Å². The van der Waals surface area contributed by atoms with Gasteiger partial charge in [0.05, 0.1) is 37.2 Å². The van der Waals surface area contributed by atoms with E-state index in [0.29, 0.717) is 29.7 Å². The Balaban J connectivity index is 1.77. The van der Waals surface area contributed by atoms with E-state index in [4.69, 9.17) is 20.5 Å². The molecule has 3 unspecified atom stereocenters. The van der Waals surface area contributed by atoms with E-state index < -0.39 is 19.0 Å². The van der Waals surface area contributed by atoms with E-state index in [2.05, 4.69) is 31.2 Å². The van der Waals surface area contributed by atoms with Crippen molar-refractivity contribution in [2.45, 2.75) is 65.3 Å². The average Bonchev–Trinajstić information content (AvgIpc) is 3.29. The van der Waals surface area contributed by atoms with Crippen LogP contribution in [0.2, 0.25) is 0 Å². The number of carbonyl (C=O) groups excluding carboxylic acids is 1. The molecule has 2 heterocycles. The summed E-state index contributed by atoms with van der Waals surface area (Å²) in [6, 6.07) is 8.69. The lowest BCUT2D eigenvalue weighted by Crippen LogP contribution is -2.49. The van der Waals surface area contributed by atoms with Crippen molar-refractivity contribution in [3.8, 4) is 6.07 Å². The SMILES string of the molecule is CCCOC(=O)C(C)(C)NP(=O)(COC(C)Cn1cnc2c(N)ncnc21)NC(C)c1ccc(C#N)cc1. The minimum Gasteiger partial charge on any atom is -0.464 e. The Kier molecular flexibility index (Phi) is 9.57. The van der Waals surface area contributed by atoms with E-state index in [0.717, 1.165) is 5.56 Å². The number of imidazole rings is 1. The van der Waals surface area contributed by atoms with Crippen molar-refractivity contribution >= 4 is 30.4 Å². The van der Waals surface area contributed by atoms with Crippen LogP contribution in [0, 0.1) is 11.3 Å². The van der Waals surface area contributed by atoms with Crippen LogP contribution in [0.15, 0.2) is 36.9 Å². The van der Waals surface area contributed by atoms with Crippen LogP contribution in [0.4, 0.5) is 5.82 Å². The number of aromatic nitrogens is 4. The van der Waals surface area contributed by atoms with E-state index in [1.807, 2.05) is 20.8 Å². The molecule has 0 aliphatic rings. The Morgan fingerprint density at radius 2 is 1.95 bits per heavy atom. The molecule has 0 radical (unpaired) electrons. The lowest BCUT2D eigenvalue weighted by atomic mass is 10.1. The number of fused-ring (bicyclic) bond motifs is 1. The third-order valence-corrected chi connectivity index (χ3v) is 8.01. The fourth-order valence-electron chi connectivity index (χ4n) is 3.80. The van der Waals surface area contributed by atoms with Gasteiger partial charge >= 0.3 is 5.97 Å². The monoisotopic (exact) mass is 542 g/mol. The van der Waals surface area contributed by atoms with Gasteiger partial charge in [-0.05, 0) is 51.8 Å².